The molecule has 1 amide bonds. The summed E-state index contributed by atoms with van der Waals surface area (Å²) >= 11 is 0. The van der Waals surface area contributed by atoms with Gasteiger partial charge in [0.2, 0.25) is 0 Å². The summed E-state index contributed by atoms with van der Waals surface area (Å²) in [4.78, 5) is 22.8. The third kappa shape index (κ3) is 2.36. The van der Waals surface area contributed by atoms with Gasteiger partial charge in [0.1, 0.15) is 5.69 Å². The molecule has 3 aromatic heterocycles. The van der Waals surface area contributed by atoms with E-state index >= 15 is 0 Å². The number of fused-ring (bicyclic) bond motifs is 1. The van der Waals surface area contributed by atoms with Crippen molar-refractivity contribution in [1.82, 2.24) is 29.8 Å². The Balaban J connectivity index is 1.68. The quantitative estimate of drug-likeness (QED) is 0.707. The van der Waals surface area contributed by atoms with Gasteiger partial charge in [0.25, 0.3) is 11.8 Å². The summed E-state index contributed by atoms with van der Waals surface area (Å²) in [6.07, 6.45) is 2.35. The van der Waals surface area contributed by atoms with E-state index in [-0.39, 0.29) is 5.91 Å². The van der Waals surface area contributed by atoms with E-state index in [4.69, 9.17) is 4.52 Å². The Morgan fingerprint density at radius 2 is 2.21 bits per heavy atom. The van der Waals surface area contributed by atoms with Crippen molar-refractivity contribution in [3.63, 3.8) is 0 Å². The molecule has 0 aliphatic carbocycles. The second-order valence-corrected chi connectivity index (χ2v) is 5.74. The number of hydrogen-bond donors (Lipinski definition) is 0. The molecule has 8 heteroatoms. The zero-order valence-electron chi connectivity index (χ0n) is 13.4. The summed E-state index contributed by atoms with van der Waals surface area (Å²) in [7, 11) is 1.89. The molecular weight excluding hydrogens is 308 g/mol. The first-order valence-corrected chi connectivity index (χ1v) is 7.69. The predicted molar refractivity (Wildman–Crippen MR) is 83.9 cm³/mol. The van der Waals surface area contributed by atoms with Crippen molar-refractivity contribution in [3.8, 4) is 11.6 Å². The van der Waals surface area contributed by atoms with Crippen LogP contribution < -0.4 is 0 Å². The molecule has 0 spiro atoms. The largest absolute Gasteiger partial charge is 0.332 e. The Hall–Kier alpha value is -3.03. The molecule has 0 atom stereocenters. The van der Waals surface area contributed by atoms with Gasteiger partial charge in [0, 0.05) is 37.5 Å². The van der Waals surface area contributed by atoms with Gasteiger partial charge >= 0.3 is 0 Å². The van der Waals surface area contributed by atoms with Crippen molar-refractivity contribution in [2.75, 3.05) is 6.54 Å². The molecule has 122 valence electrons. The first-order valence-electron chi connectivity index (χ1n) is 7.69. The Bertz CT molecular complexity index is 899. The van der Waals surface area contributed by atoms with E-state index in [2.05, 4.69) is 20.2 Å². The predicted octanol–water partition coefficient (Wildman–Crippen LogP) is 1.37. The number of rotatable bonds is 2. The Morgan fingerprint density at radius 1 is 1.33 bits per heavy atom. The summed E-state index contributed by atoms with van der Waals surface area (Å²) in [6.45, 7) is 2.85. The molecule has 0 radical (unpaired) electrons. The van der Waals surface area contributed by atoms with Crippen LogP contribution in [0, 0.1) is 6.92 Å². The molecule has 4 rings (SSSR count). The van der Waals surface area contributed by atoms with Crippen LogP contribution in [-0.4, -0.2) is 42.3 Å². The number of nitrogens with zero attached hydrogens (tertiary/aromatic N) is 6. The second kappa shape index (κ2) is 5.55. The van der Waals surface area contributed by atoms with Gasteiger partial charge in [-0.3, -0.25) is 14.5 Å². The second-order valence-electron chi connectivity index (χ2n) is 5.74. The van der Waals surface area contributed by atoms with Crippen molar-refractivity contribution in [1.29, 1.82) is 0 Å². The summed E-state index contributed by atoms with van der Waals surface area (Å²) in [5, 5.41) is 8.34. The van der Waals surface area contributed by atoms with Crippen LogP contribution in [0.2, 0.25) is 0 Å². The summed E-state index contributed by atoms with van der Waals surface area (Å²) in [5.74, 6) is 0.857. The van der Waals surface area contributed by atoms with E-state index in [1.165, 1.54) is 0 Å². The maximum Gasteiger partial charge on any atom is 0.278 e. The SMILES string of the molecule is Cc1noc(-c2nn(C)c3c2CN(C(=O)c2ccccn2)CC3)n1. The van der Waals surface area contributed by atoms with Gasteiger partial charge < -0.3 is 9.42 Å². The highest BCUT2D eigenvalue weighted by Crippen LogP contribution is 2.29. The molecule has 24 heavy (non-hydrogen) atoms. The fourth-order valence-corrected chi connectivity index (χ4v) is 2.98. The zero-order valence-corrected chi connectivity index (χ0v) is 13.4. The minimum Gasteiger partial charge on any atom is -0.332 e. The maximum absolute atomic E-state index is 12.7. The fourth-order valence-electron chi connectivity index (χ4n) is 2.98. The number of aromatic nitrogens is 5. The number of amides is 1. The monoisotopic (exact) mass is 324 g/mol. The molecule has 0 aromatic carbocycles. The minimum atomic E-state index is -0.0854. The van der Waals surface area contributed by atoms with Crippen LogP contribution in [0.4, 0.5) is 0 Å². The number of carbonyl (C=O) groups excluding carboxylic acids is 1. The molecule has 0 saturated carbocycles. The minimum absolute atomic E-state index is 0.0854. The van der Waals surface area contributed by atoms with Crippen molar-refractivity contribution in [2.24, 2.45) is 7.05 Å². The number of pyridine rings is 1. The standard InChI is InChI=1S/C16H16N6O2/c1-10-18-15(24-20-10)14-11-9-22(8-6-13(11)21(2)19-14)16(23)12-5-3-4-7-17-12/h3-5,7H,6,8-9H2,1-2H3. The molecule has 0 N–H and O–H groups in total. The topological polar surface area (TPSA) is 89.9 Å². The molecular formula is C16H16N6O2. The lowest BCUT2D eigenvalue weighted by molar-refractivity contribution is 0.0727. The third-order valence-electron chi connectivity index (χ3n) is 4.14. The molecule has 8 nitrogen and oxygen atoms in total. The highest BCUT2D eigenvalue weighted by molar-refractivity contribution is 5.92. The van der Waals surface area contributed by atoms with E-state index in [1.807, 2.05) is 17.8 Å². The Kier molecular flexibility index (Phi) is 3.37. The molecule has 1 aliphatic rings. The van der Waals surface area contributed by atoms with Crippen LogP contribution in [0.3, 0.4) is 0 Å². The molecule has 0 unspecified atom stereocenters. The first kappa shape index (κ1) is 14.6. The number of hydrogen-bond acceptors (Lipinski definition) is 6. The van der Waals surface area contributed by atoms with Gasteiger partial charge in [-0.05, 0) is 19.1 Å². The average Bonchev–Trinajstić information content (AvgIpc) is 3.18. The van der Waals surface area contributed by atoms with E-state index < -0.39 is 0 Å². The van der Waals surface area contributed by atoms with Crippen LogP contribution in [-0.2, 0) is 20.0 Å². The summed E-state index contributed by atoms with van der Waals surface area (Å²) in [6, 6.07) is 5.33. The van der Waals surface area contributed by atoms with Gasteiger partial charge in [-0.2, -0.15) is 10.1 Å². The lowest BCUT2D eigenvalue weighted by atomic mass is 10.0. The Morgan fingerprint density at radius 3 is 2.92 bits per heavy atom. The third-order valence-corrected chi connectivity index (χ3v) is 4.14. The molecule has 0 fully saturated rings. The van der Waals surface area contributed by atoms with Crippen LogP contribution in [0.15, 0.2) is 28.9 Å². The van der Waals surface area contributed by atoms with Crippen LogP contribution in [0.25, 0.3) is 11.6 Å². The number of carbonyl (C=O) groups is 1. The highest BCUT2D eigenvalue weighted by atomic mass is 16.5. The lowest BCUT2D eigenvalue weighted by Gasteiger charge is -2.27. The molecule has 0 saturated heterocycles. The van der Waals surface area contributed by atoms with Crippen molar-refractivity contribution in [3.05, 3.63) is 47.2 Å². The Labute approximate surface area is 138 Å². The summed E-state index contributed by atoms with van der Waals surface area (Å²) in [5.41, 5.74) is 3.13. The van der Waals surface area contributed by atoms with E-state index in [0.717, 1.165) is 17.7 Å². The van der Waals surface area contributed by atoms with Gasteiger partial charge in [-0.1, -0.05) is 11.2 Å². The molecule has 0 bridgehead atoms. The van der Waals surface area contributed by atoms with E-state index in [0.29, 0.717) is 36.2 Å². The summed E-state index contributed by atoms with van der Waals surface area (Å²) < 4.78 is 7.08. The number of aryl methyl sites for hydroxylation is 2. The van der Waals surface area contributed by atoms with Gasteiger partial charge in [0.05, 0.1) is 6.54 Å². The lowest BCUT2D eigenvalue weighted by Crippen LogP contribution is -2.36. The first-order chi connectivity index (χ1) is 11.6. The smallest absolute Gasteiger partial charge is 0.278 e. The van der Waals surface area contributed by atoms with Gasteiger partial charge in [-0.25, -0.2) is 0 Å². The van der Waals surface area contributed by atoms with Crippen LogP contribution in [0.5, 0.6) is 0 Å². The molecule has 4 heterocycles. The van der Waals surface area contributed by atoms with Crippen molar-refractivity contribution >= 4 is 5.91 Å². The highest BCUT2D eigenvalue weighted by Gasteiger charge is 2.29. The van der Waals surface area contributed by atoms with Crippen LogP contribution in [0.1, 0.15) is 27.6 Å². The molecule has 3 aromatic rings. The fraction of sp³-hybridized carbons (Fsp3) is 0.312. The average molecular weight is 324 g/mol. The van der Waals surface area contributed by atoms with Gasteiger partial charge in [-0.15, -0.1) is 0 Å². The van der Waals surface area contributed by atoms with E-state index in [1.54, 1.807) is 30.2 Å². The van der Waals surface area contributed by atoms with Crippen molar-refractivity contribution < 1.29 is 9.32 Å². The zero-order chi connectivity index (χ0) is 16.7. The van der Waals surface area contributed by atoms with Crippen molar-refractivity contribution in [2.45, 2.75) is 19.9 Å². The molecule has 1 aliphatic heterocycles. The van der Waals surface area contributed by atoms with E-state index in [9.17, 15) is 4.79 Å². The van der Waals surface area contributed by atoms with Crippen LogP contribution >= 0.6 is 0 Å². The normalized spacial score (nSPS) is 13.8. The van der Waals surface area contributed by atoms with Gasteiger partial charge in [0.15, 0.2) is 11.5 Å². The maximum atomic E-state index is 12.7.